The smallest absolute Gasteiger partial charge is 0.343 e. The van der Waals surface area contributed by atoms with Crippen LogP contribution >= 0.6 is 27.7 Å². The first kappa shape index (κ1) is 25.0. The summed E-state index contributed by atoms with van der Waals surface area (Å²) in [4.78, 5) is 53.0. The summed E-state index contributed by atoms with van der Waals surface area (Å²) in [5, 5.41) is -0.512. The molecule has 2 aromatic carbocycles. The highest BCUT2D eigenvalue weighted by Gasteiger charge is 2.37. The van der Waals surface area contributed by atoms with Crippen molar-refractivity contribution in [3.05, 3.63) is 63.0 Å². The molecule has 11 heteroatoms. The molecule has 182 valence electrons. The minimum Gasteiger partial charge on any atom is -0.493 e. The highest BCUT2D eigenvalue weighted by molar-refractivity contribution is 9.10. The average molecular weight is 561 g/mol. The molecule has 4 rings (SSSR count). The quantitative estimate of drug-likeness (QED) is 0.300. The standard InChI is InChI=1S/C24H21BrN2O7S/c1-32-18-12-15(11-17(25)21(18)34-23(30)16-5-3-2-4-6-16)13-19-22(29)27(24(31)35-19)14-20(28)26-7-9-33-10-8-26/h2-6,11-13H,7-10,14H2,1H3/b19-13-. The number of carbonyl (C=O) groups excluding carboxylic acids is 4. The molecule has 0 atom stereocenters. The lowest BCUT2D eigenvalue weighted by atomic mass is 10.1. The molecule has 3 amide bonds. The second-order valence-electron chi connectivity index (χ2n) is 7.55. The second-order valence-corrected chi connectivity index (χ2v) is 9.40. The van der Waals surface area contributed by atoms with E-state index >= 15 is 0 Å². The van der Waals surface area contributed by atoms with Gasteiger partial charge in [0.05, 0.1) is 35.3 Å². The van der Waals surface area contributed by atoms with Crippen LogP contribution in [0, 0.1) is 0 Å². The van der Waals surface area contributed by atoms with Crippen molar-refractivity contribution in [2.45, 2.75) is 0 Å². The number of carbonyl (C=O) groups is 4. The Hall–Kier alpha value is -3.15. The first-order valence-corrected chi connectivity index (χ1v) is 12.2. The van der Waals surface area contributed by atoms with E-state index in [4.69, 9.17) is 14.2 Å². The fourth-order valence-corrected chi connectivity index (χ4v) is 4.86. The van der Waals surface area contributed by atoms with Crippen LogP contribution < -0.4 is 9.47 Å². The number of amides is 3. The number of ether oxygens (including phenoxy) is 3. The van der Waals surface area contributed by atoms with Crippen LogP contribution in [0.2, 0.25) is 0 Å². The number of hydrogen-bond donors (Lipinski definition) is 0. The molecular weight excluding hydrogens is 540 g/mol. The predicted octanol–water partition coefficient (Wildman–Crippen LogP) is 3.57. The van der Waals surface area contributed by atoms with Gasteiger partial charge in [-0.1, -0.05) is 18.2 Å². The van der Waals surface area contributed by atoms with Crippen LogP contribution in [0.5, 0.6) is 11.5 Å². The van der Waals surface area contributed by atoms with Crippen molar-refractivity contribution in [1.29, 1.82) is 0 Å². The maximum atomic E-state index is 12.9. The first-order valence-electron chi connectivity index (χ1n) is 10.6. The third-order valence-electron chi connectivity index (χ3n) is 5.28. The topological polar surface area (TPSA) is 102 Å². The van der Waals surface area contributed by atoms with E-state index in [9.17, 15) is 19.2 Å². The average Bonchev–Trinajstić information content (AvgIpc) is 3.13. The molecule has 0 N–H and O–H groups in total. The summed E-state index contributed by atoms with van der Waals surface area (Å²) in [6.45, 7) is 1.41. The van der Waals surface area contributed by atoms with E-state index in [0.717, 1.165) is 16.7 Å². The molecule has 0 spiro atoms. The molecule has 0 aromatic heterocycles. The normalized spacial score (nSPS) is 17.1. The van der Waals surface area contributed by atoms with Crippen molar-refractivity contribution in [1.82, 2.24) is 9.80 Å². The van der Waals surface area contributed by atoms with Gasteiger partial charge in [0.2, 0.25) is 5.91 Å². The van der Waals surface area contributed by atoms with Crippen LogP contribution in [0.25, 0.3) is 6.08 Å². The zero-order valence-corrected chi connectivity index (χ0v) is 21.1. The molecule has 0 saturated carbocycles. The fourth-order valence-electron chi connectivity index (χ4n) is 3.48. The third kappa shape index (κ3) is 5.75. The lowest BCUT2D eigenvalue weighted by molar-refractivity contribution is -0.139. The van der Waals surface area contributed by atoms with Crippen LogP contribution in [0.1, 0.15) is 15.9 Å². The van der Waals surface area contributed by atoms with Gasteiger partial charge in [0.25, 0.3) is 11.1 Å². The SMILES string of the molecule is COc1cc(/C=C2\SC(=O)N(CC(=O)N3CCOCC3)C2=O)cc(Br)c1OC(=O)c1ccccc1. The van der Waals surface area contributed by atoms with Gasteiger partial charge in [0, 0.05) is 13.1 Å². The molecule has 2 aliphatic heterocycles. The summed E-state index contributed by atoms with van der Waals surface area (Å²) in [5.41, 5.74) is 0.920. The van der Waals surface area contributed by atoms with E-state index in [2.05, 4.69) is 15.9 Å². The number of methoxy groups -OCH3 is 1. The van der Waals surface area contributed by atoms with E-state index in [1.54, 1.807) is 47.4 Å². The van der Waals surface area contributed by atoms with Crippen LogP contribution in [-0.4, -0.2) is 72.8 Å². The summed E-state index contributed by atoms with van der Waals surface area (Å²) >= 11 is 4.15. The lowest BCUT2D eigenvalue weighted by Gasteiger charge is -2.28. The maximum Gasteiger partial charge on any atom is 0.343 e. The minimum absolute atomic E-state index is 0.174. The van der Waals surface area contributed by atoms with Gasteiger partial charge in [0.1, 0.15) is 6.54 Å². The van der Waals surface area contributed by atoms with Crippen LogP contribution in [0.3, 0.4) is 0 Å². The Labute approximate surface area is 214 Å². The molecule has 0 unspecified atom stereocenters. The second kappa shape index (κ2) is 11.1. The van der Waals surface area contributed by atoms with Crippen LogP contribution in [-0.2, 0) is 14.3 Å². The molecule has 0 radical (unpaired) electrons. The summed E-state index contributed by atoms with van der Waals surface area (Å²) in [6.07, 6.45) is 1.53. The lowest BCUT2D eigenvalue weighted by Crippen LogP contribution is -2.46. The summed E-state index contributed by atoms with van der Waals surface area (Å²) in [6, 6.07) is 11.8. The zero-order valence-electron chi connectivity index (χ0n) is 18.7. The maximum absolute atomic E-state index is 12.9. The predicted molar refractivity (Wildman–Crippen MR) is 132 cm³/mol. The van der Waals surface area contributed by atoms with Gasteiger partial charge in [-0.2, -0.15) is 0 Å². The Balaban J connectivity index is 1.51. The third-order valence-corrected chi connectivity index (χ3v) is 6.78. The number of esters is 1. The Bertz CT molecular complexity index is 1200. The van der Waals surface area contributed by atoms with Gasteiger partial charge in [-0.3, -0.25) is 19.3 Å². The summed E-state index contributed by atoms with van der Waals surface area (Å²) in [7, 11) is 1.43. The molecule has 2 aromatic rings. The highest BCUT2D eigenvalue weighted by Crippen LogP contribution is 2.39. The Morgan fingerprint density at radius 1 is 1.14 bits per heavy atom. The first-order chi connectivity index (χ1) is 16.9. The van der Waals surface area contributed by atoms with E-state index < -0.39 is 17.1 Å². The van der Waals surface area contributed by atoms with Crippen molar-refractivity contribution in [3.8, 4) is 11.5 Å². The summed E-state index contributed by atoms with van der Waals surface area (Å²) < 4.78 is 16.6. The molecular formula is C24H21BrN2O7S. The molecule has 9 nitrogen and oxygen atoms in total. The van der Waals surface area contributed by atoms with E-state index in [-0.39, 0.29) is 28.9 Å². The Kier molecular flexibility index (Phi) is 7.89. The van der Waals surface area contributed by atoms with Crippen molar-refractivity contribution >= 4 is 56.8 Å². The zero-order chi connectivity index (χ0) is 24.9. The monoisotopic (exact) mass is 560 g/mol. The molecule has 35 heavy (non-hydrogen) atoms. The number of morpholine rings is 1. The number of imide groups is 1. The van der Waals surface area contributed by atoms with Crippen molar-refractivity contribution < 1.29 is 33.4 Å². The van der Waals surface area contributed by atoms with Gasteiger partial charge in [0.15, 0.2) is 11.5 Å². The van der Waals surface area contributed by atoms with Gasteiger partial charge in [-0.15, -0.1) is 0 Å². The molecule has 0 bridgehead atoms. The number of halogens is 1. The molecule has 0 aliphatic carbocycles. The number of thioether (sulfide) groups is 1. The van der Waals surface area contributed by atoms with E-state index in [0.29, 0.717) is 41.9 Å². The van der Waals surface area contributed by atoms with Gasteiger partial charge < -0.3 is 19.1 Å². The van der Waals surface area contributed by atoms with Crippen molar-refractivity contribution in [2.75, 3.05) is 40.0 Å². The van der Waals surface area contributed by atoms with Gasteiger partial charge in [-0.05, 0) is 63.6 Å². The van der Waals surface area contributed by atoms with E-state index in [1.807, 2.05) is 0 Å². The number of rotatable bonds is 6. The van der Waals surface area contributed by atoms with Crippen LogP contribution in [0.15, 0.2) is 51.8 Å². The minimum atomic E-state index is -0.552. The molecule has 2 saturated heterocycles. The highest BCUT2D eigenvalue weighted by atomic mass is 79.9. The molecule has 2 heterocycles. The van der Waals surface area contributed by atoms with Crippen molar-refractivity contribution in [3.63, 3.8) is 0 Å². The summed E-state index contributed by atoms with van der Waals surface area (Å²) in [5.74, 6) is -0.954. The largest absolute Gasteiger partial charge is 0.493 e. The van der Waals surface area contributed by atoms with E-state index in [1.165, 1.54) is 13.2 Å². The molecule has 2 aliphatic rings. The Morgan fingerprint density at radius 2 is 1.86 bits per heavy atom. The van der Waals surface area contributed by atoms with Gasteiger partial charge >= 0.3 is 5.97 Å². The number of benzene rings is 2. The molecule has 2 fully saturated rings. The number of hydrogen-bond acceptors (Lipinski definition) is 8. The van der Waals surface area contributed by atoms with Crippen molar-refractivity contribution in [2.24, 2.45) is 0 Å². The fraction of sp³-hybridized carbons (Fsp3) is 0.250. The Morgan fingerprint density at radius 3 is 2.54 bits per heavy atom. The van der Waals surface area contributed by atoms with Crippen LogP contribution in [0.4, 0.5) is 4.79 Å². The van der Waals surface area contributed by atoms with Gasteiger partial charge in [-0.25, -0.2) is 4.79 Å². The number of nitrogens with zero attached hydrogens (tertiary/aromatic N) is 2.